The molecule has 4 aromatic rings. The summed E-state index contributed by atoms with van der Waals surface area (Å²) >= 11 is 7.82. The Morgan fingerprint density at radius 1 is 1.24 bits per heavy atom. The van der Waals surface area contributed by atoms with Crippen LogP contribution in [0, 0.1) is 11.3 Å². The molecule has 0 saturated heterocycles. The van der Waals surface area contributed by atoms with Crippen molar-refractivity contribution in [2.45, 2.75) is 12.8 Å². The molecule has 1 aromatic carbocycles. The lowest BCUT2D eigenvalue weighted by Gasteiger charge is -2.03. The van der Waals surface area contributed by atoms with Gasteiger partial charge in [-0.2, -0.15) is 10.4 Å². The zero-order chi connectivity index (χ0) is 17.2. The Balaban J connectivity index is 1.71. The first-order valence-electron chi connectivity index (χ1n) is 7.63. The second-order valence-corrected chi connectivity index (χ2v) is 7.11. The molecule has 0 aliphatic carbocycles. The van der Waals surface area contributed by atoms with E-state index < -0.39 is 0 Å². The van der Waals surface area contributed by atoms with Crippen molar-refractivity contribution in [2.24, 2.45) is 0 Å². The highest BCUT2D eigenvalue weighted by molar-refractivity contribution is 7.11. The molecule has 4 rings (SSSR count). The molecular formula is C18H12ClN5S. The van der Waals surface area contributed by atoms with Crippen molar-refractivity contribution in [3.8, 4) is 17.3 Å². The monoisotopic (exact) mass is 365 g/mol. The predicted octanol–water partition coefficient (Wildman–Crippen LogP) is 4.39. The van der Waals surface area contributed by atoms with Gasteiger partial charge in [0.15, 0.2) is 0 Å². The van der Waals surface area contributed by atoms with Crippen LogP contribution in [-0.2, 0) is 12.8 Å². The number of pyridine rings is 1. The minimum atomic E-state index is 0.393. The number of nitriles is 1. The summed E-state index contributed by atoms with van der Waals surface area (Å²) in [6, 6.07) is 11.8. The molecule has 3 heterocycles. The van der Waals surface area contributed by atoms with Gasteiger partial charge in [0.2, 0.25) is 0 Å². The minimum absolute atomic E-state index is 0.393. The third-order valence-electron chi connectivity index (χ3n) is 3.85. The molecule has 0 saturated carbocycles. The van der Waals surface area contributed by atoms with Crippen LogP contribution < -0.4 is 0 Å². The maximum atomic E-state index is 8.78. The van der Waals surface area contributed by atoms with Gasteiger partial charge in [0.05, 0.1) is 33.7 Å². The van der Waals surface area contributed by atoms with E-state index in [1.165, 1.54) is 0 Å². The molecule has 3 aromatic heterocycles. The number of hydrogen-bond donors (Lipinski definition) is 1. The highest BCUT2D eigenvalue weighted by atomic mass is 35.5. The second kappa shape index (κ2) is 6.63. The third-order valence-corrected chi connectivity index (χ3v) is 5.15. The van der Waals surface area contributed by atoms with E-state index in [0.717, 1.165) is 37.7 Å². The summed E-state index contributed by atoms with van der Waals surface area (Å²) < 4.78 is 0. The quantitative estimate of drug-likeness (QED) is 0.581. The lowest BCUT2D eigenvalue weighted by atomic mass is 10.1. The van der Waals surface area contributed by atoms with Crippen LogP contribution in [0.25, 0.3) is 22.2 Å². The summed E-state index contributed by atoms with van der Waals surface area (Å²) in [5.74, 6) is 0. The molecular weight excluding hydrogens is 354 g/mol. The van der Waals surface area contributed by atoms with Gasteiger partial charge in [-0.15, -0.1) is 11.3 Å². The van der Waals surface area contributed by atoms with Crippen molar-refractivity contribution < 1.29 is 0 Å². The van der Waals surface area contributed by atoms with Gasteiger partial charge >= 0.3 is 0 Å². The van der Waals surface area contributed by atoms with E-state index in [2.05, 4.69) is 26.2 Å². The van der Waals surface area contributed by atoms with Gasteiger partial charge in [0.1, 0.15) is 0 Å². The van der Waals surface area contributed by atoms with Crippen LogP contribution in [0.5, 0.6) is 0 Å². The number of halogens is 1. The molecule has 122 valence electrons. The van der Waals surface area contributed by atoms with Crippen molar-refractivity contribution in [1.82, 2.24) is 20.2 Å². The molecule has 0 spiro atoms. The first-order chi connectivity index (χ1) is 12.2. The number of thiazole rings is 1. The summed E-state index contributed by atoms with van der Waals surface area (Å²) in [5.41, 5.74) is 3.58. The maximum Gasteiger partial charge on any atom is 0.0987 e. The van der Waals surface area contributed by atoms with Crippen molar-refractivity contribution in [2.75, 3.05) is 0 Å². The van der Waals surface area contributed by atoms with Crippen LogP contribution in [0.4, 0.5) is 0 Å². The van der Waals surface area contributed by atoms with Crippen LogP contribution in [0.15, 0.2) is 42.7 Å². The number of H-pyrrole nitrogens is 1. The number of nitrogens with zero attached hydrogens (tertiary/aromatic N) is 4. The number of nitrogens with one attached hydrogen (secondary N) is 1. The van der Waals surface area contributed by atoms with Gasteiger partial charge in [-0.3, -0.25) is 10.1 Å². The predicted molar refractivity (Wildman–Crippen MR) is 98.6 cm³/mol. The van der Waals surface area contributed by atoms with Crippen LogP contribution in [0.1, 0.15) is 15.6 Å². The summed E-state index contributed by atoms with van der Waals surface area (Å²) in [5, 5.41) is 18.8. The normalized spacial score (nSPS) is 10.9. The molecule has 0 aliphatic heterocycles. The Kier molecular flexibility index (Phi) is 4.18. The first kappa shape index (κ1) is 15.8. The summed E-state index contributed by atoms with van der Waals surface area (Å²) in [4.78, 5) is 9.75. The molecule has 0 atom stereocenters. The Morgan fingerprint density at radius 3 is 3.00 bits per heavy atom. The van der Waals surface area contributed by atoms with E-state index in [1.54, 1.807) is 23.7 Å². The number of aromatic nitrogens is 4. The van der Waals surface area contributed by atoms with Crippen molar-refractivity contribution in [1.29, 1.82) is 5.26 Å². The van der Waals surface area contributed by atoms with E-state index in [1.807, 2.05) is 30.3 Å². The fraction of sp³-hybridized carbons (Fsp3) is 0.111. The van der Waals surface area contributed by atoms with Gasteiger partial charge in [0.25, 0.3) is 0 Å². The van der Waals surface area contributed by atoms with E-state index in [-0.39, 0.29) is 0 Å². The van der Waals surface area contributed by atoms with E-state index >= 15 is 0 Å². The van der Waals surface area contributed by atoms with Crippen molar-refractivity contribution in [3.63, 3.8) is 0 Å². The van der Waals surface area contributed by atoms with Crippen LogP contribution in [-0.4, -0.2) is 20.2 Å². The standard InChI is InChI=1S/C18H12ClN5S/c19-14-2-1-7-21-18(14)11-3-4-15-13(8-11)16(24-23-15)9-17-22-10-12(25-17)5-6-20/h1-4,7-8,10H,5,9H2,(H,23,24). The molecule has 0 aliphatic rings. The second-order valence-electron chi connectivity index (χ2n) is 5.50. The Labute approximate surface area is 152 Å². The molecule has 7 heteroatoms. The SMILES string of the molecule is N#CCc1cnc(Cc2[nH]nc3ccc(-c4ncccc4Cl)cc23)s1. The van der Waals surface area contributed by atoms with Gasteiger partial charge in [-0.05, 0) is 24.3 Å². The molecule has 0 bridgehead atoms. The molecule has 0 fully saturated rings. The van der Waals surface area contributed by atoms with Gasteiger partial charge in [-0.25, -0.2) is 4.98 Å². The summed E-state index contributed by atoms with van der Waals surface area (Å²) in [6.07, 6.45) is 4.53. The maximum absolute atomic E-state index is 8.78. The Bertz CT molecular complexity index is 1090. The van der Waals surface area contributed by atoms with Crippen molar-refractivity contribution >= 4 is 33.8 Å². The van der Waals surface area contributed by atoms with Crippen LogP contribution in [0.2, 0.25) is 5.02 Å². The van der Waals surface area contributed by atoms with E-state index in [9.17, 15) is 0 Å². The fourth-order valence-electron chi connectivity index (χ4n) is 2.68. The highest BCUT2D eigenvalue weighted by Gasteiger charge is 2.12. The average molecular weight is 366 g/mol. The van der Waals surface area contributed by atoms with Gasteiger partial charge < -0.3 is 0 Å². The van der Waals surface area contributed by atoms with Crippen LogP contribution >= 0.6 is 22.9 Å². The third kappa shape index (κ3) is 3.12. The highest BCUT2D eigenvalue weighted by Crippen LogP contribution is 2.29. The topological polar surface area (TPSA) is 78.2 Å². The molecule has 5 nitrogen and oxygen atoms in total. The van der Waals surface area contributed by atoms with Crippen LogP contribution in [0.3, 0.4) is 0 Å². The number of benzene rings is 1. The minimum Gasteiger partial charge on any atom is -0.281 e. The summed E-state index contributed by atoms with van der Waals surface area (Å²) in [7, 11) is 0. The zero-order valence-corrected chi connectivity index (χ0v) is 14.6. The molecule has 0 unspecified atom stereocenters. The van der Waals surface area contributed by atoms with E-state index in [4.69, 9.17) is 16.9 Å². The Morgan fingerprint density at radius 2 is 2.16 bits per heavy atom. The Hall–Kier alpha value is -2.75. The smallest absolute Gasteiger partial charge is 0.0987 e. The molecule has 1 N–H and O–H groups in total. The zero-order valence-electron chi connectivity index (χ0n) is 13.0. The fourth-order valence-corrected chi connectivity index (χ4v) is 3.78. The lowest BCUT2D eigenvalue weighted by molar-refractivity contribution is 1.00. The lowest BCUT2D eigenvalue weighted by Crippen LogP contribution is -1.89. The molecule has 0 radical (unpaired) electrons. The van der Waals surface area contributed by atoms with Gasteiger partial charge in [-0.1, -0.05) is 17.7 Å². The molecule has 25 heavy (non-hydrogen) atoms. The summed E-state index contributed by atoms with van der Waals surface area (Å²) in [6.45, 7) is 0. The number of rotatable bonds is 4. The number of hydrogen-bond acceptors (Lipinski definition) is 5. The number of fused-ring (bicyclic) bond motifs is 1. The average Bonchev–Trinajstić information content (AvgIpc) is 3.23. The van der Waals surface area contributed by atoms with E-state index in [0.29, 0.717) is 17.9 Å². The van der Waals surface area contributed by atoms with Crippen molar-refractivity contribution in [3.05, 3.63) is 63.3 Å². The largest absolute Gasteiger partial charge is 0.281 e. The molecule has 0 amide bonds. The first-order valence-corrected chi connectivity index (χ1v) is 8.82. The van der Waals surface area contributed by atoms with Gasteiger partial charge in [0, 0.05) is 40.3 Å². The number of aromatic amines is 1.